The van der Waals surface area contributed by atoms with Crippen LogP contribution in [-0.2, 0) is 9.59 Å². The standard InChI is InChI=1S/C11H20O4.K.Na.2H/c1-4-5-6-7-11(8(2)3,9(12)13)10(14)15;;;;/h8H,4-7H2,1-3H3,(H,12,13)(H,14,15);;;;. The SMILES string of the molecule is CCCCCC(C(=O)O)(C(=O)O)C(C)C.[KH].[NaH]. The monoisotopic (exact) mass is 280 g/mol. The molecule has 0 aromatic heterocycles. The first kappa shape index (κ1) is 23.7. The normalized spacial score (nSPS) is 10.4. The second kappa shape index (κ2) is 11.4. The van der Waals surface area contributed by atoms with Crippen molar-refractivity contribution in [3.05, 3.63) is 0 Å². The maximum absolute atomic E-state index is 11.1. The molecule has 0 aromatic carbocycles. The van der Waals surface area contributed by atoms with Crippen molar-refractivity contribution in [1.29, 1.82) is 0 Å². The molecule has 6 heteroatoms. The van der Waals surface area contributed by atoms with E-state index in [-0.39, 0.29) is 87.4 Å². The first-order valence-corrected chi connectivity index (χ1v) is 5.36. The summed E-state index contributed by atoms with van der Waals surface area (Å²) in [6.45, 7) is 5.29. The van der Waals surface area contributed by atoms with E-state index in [1.807, 2.05) is 6.92 Å². The maximum atomic E-state index is 11.1. The van der Waals surface area contributed by atoms with Crippen LogP contribution in [0.1, 0.15) is 46.5 Å². The topological polar surface area (TPSA) is 74.6 Å². The zero-order chi connectivity index (χ0) is 12.1. The summed E-state index contributed by atoms with van der Waals surface area (Å²) in [5.41, 5.74) is -1.62. The zero-order valence-electron chi connectivity index (χ0n) is 9.62. The Bertz CT molecular complexity index is 230. The van der Waals surface area contributed by atoms with E-state index in [2.05, 4.69) is 0 Å². The van der Waals surface area contributed by atoms with Crippen LogP contribution in [0.4, 0.5) is 0 Å². The Labute approximate surface area is 168 Å². The molecule has 0 heterocycles. The van der Waals surface area contributed by atoms with Crippen LogP contribution in [0, 0.1) is 11.3 Å². The van der Waals surface area contributed by atoms with Gasteiger partial charge >= 0.3 is 92.9 Å². The van der Waals surface area contributed by atoms with Crippen LogP contribution in [0.2, 0.25) is 0 Å². The molecule has 17 heavy (non-hydrogen) atoms. The van der Waals surface area contributed by atoms with Gasteiger partial charge in [-0.25, -0.2) is 0 Å². The van der Waals surface area contributed by atoms with Gasteiger partial charge in [0.2, 0.25) is 0 Å². The fraction of sp³-hybridized carbons (Fsp3) is 0.818. The Kier molecular flexibility index (Phi) is 15.9. The molecule has 0 amide bonds. The Morgan fingerprint density at radius 2 is 1.53 bits per heavy atom. The molecule has 0 bridgehead atoms. The van der Waals surface area contributed by atoms with Crippen molar-refractivity contribution in [1.82, 2.24) is 0 Å². The summed E-state index contributed by atoms with van der Waals surface area (Å²) >= 11 is 0. The molecule has 0 saturated carbocycles. The van der Waals surface area contributed by atoms with Crippen LogP contribution in [-0.4, -0.2) is 103 Å². The third kappa shape index (κ3) is 6.52. The molecule has 0 aromatic rings. The predicted octanol–water partition coefficient (Wildman–Crippen LogP) is 1.08. The van der Waals surface area contributed by atoms with Crippen molar-refractivity contribution in [2.45, 2.75) is 46.5 Å². The van der Waals surface area contributed by atoms with E-state index >= 15 is 0 Å². The molecule has 0 spiro atoms. The van der Waals surface area contributed by atoms with E-state index < -0.39 is 23.3 Å². The number of hydrogen-bond donors (Lipinski definition) is 2. The minimum atomic E-state index is -1.62. The Hall–Kier alpha value is 1.58. The van der Waals surface area contributed by atoms with Crippen LogP contribution in [0.5, 0.6) is 0 Å². The number of rotatable bonds is 7. The van der Waals surface area contributed by atoms with Crippen molar-refractivity contribution < 1.29 is 19.8 Å². The van der Waals surface area contributed by atoms with Gasteiger partial charge in [-0.05, 0) is 12.3 Å². The summed E-state index contributed by atoms with van der Waals surface area (Å²) in [5, 5.41) is 18.2. The second-order valence-corrected chi connectivity index (χ2v) is 4.19. The van der Waals surface area contributed by atoms with E-state index in [0.29, 0.717) is 6.42 Å². The molecule has 92 valence electrons. The summed E-state index contributed by atoms with van der Waals surface area (Å²) < 4.78 is 0. The molecule has 4 nitrogen and oxygen atoms in total. The molecular weight excluding hydrogens is 258 g/mol. The van der Waals surface area contributed by atoms with Gasteiger partial charge in [-0.15, -0.1) is 0 Å². The summed E-state index contributed by atoms with van der Waals surface area (Å²) in [5.74, 6) is -2.84. The molecule has 0 radical (unpaired) electrons. The number of hydrogen-bond acceptors (Lipinski definition) is 2. The first-order chi connectivity index (χ1) is 6.89. The third-order valence-electron chi connectivity index (χ3n) is 2.92. The second-order valence-electron chi connectivity index (χ2n) is 4.19. The molecular formula is C11H22KNaO4. The quantitative estimate of drug-likeness (QED) is 0.416. The van der Waals surface area contributed by atoms with Crippen molar-refractivity contribution in [2.24, 2.45) is 11.3 Å². The molecule has 0 aliphatic heterocycles. The summed E-state index contributed by atoms with van der Waals surface area (Å²) in [7, 11) is 0. The van der Waals surface area contributed by atoms with Gasteiger partial charge in [-0.1, -0.05) is 40.0 Å². The van der Waals surface area contributed by atoms with E-state index in [9.17, 15) is 9.59 Å². The van der Waals surface area contributed by atoms with Crippen molar-refractivity contribution in [3.63, 3.8) is 0 Å². The molecule has 2 N–H and O–H groups in total. The molecule has 0 unspecified atom stereocenters. The van der Waals surface area contributed by atoms with Gasteiger partial charge in [0, 0.05) is 0 Å². The third-order valence-corrected chi connectivity index (χ3v) is 2.92. The first-order valence-electron chi connectivity index (χ1n) is 5.36. The number of aliphatic carboxylic acids is 2. The molecule has 0 atom stereocenters. The Balaban J connectivity index is -0.000000980. The minimum absolute atomic E-state index is 0. The molecule has 0 saturated heterocycles. The Morgan fingerprint density at radius 1 is 1.12 bits per heavy atom. The van der Waals surface area contributed by atoms with Gasteiger partial charge in [-0.3, -0.25) is 9.59 Å². The van der Waals surface area contributed by atoms with E-state index in [0.717, 1.165) is 12.8 Å². The number of carboxylic acid groups (broad SMARTS) is 2. The molecule has 0 aliphatic rings. The number of carbonyl (C=O) groups is 2. The van der Waals surface area contributed by atoms with Gasteiger partial charge < -0.3 is 10.2 Å². The fourth-order valence-corrected chi connectivity index (χ4v) is 1.74. The van der Waals surface area contributed by atoms with Crippen LogP contribution in [0.3, 0.4) is 0 Å². The van der Waals surface area contributed by atoms with Gasteiger partial charge in [0.15, 0.2) is 5.41 Å². The average molecular weight is 280 g/mol. The van der Waals surface area contributed by atoms with Crippen molar-refractivity contribution in [3.8, 4) is 0 Å². The number of unbranched alkanes of at least 4 members (excludes halogenated alkanes) is 2. The van der Waals surface area contributed by atoms with Crippen LogP contribution in [0.15, 0.2) is 0 Å². The zero-order valence-corrected chi connectivity index (χ0v) is 9.62. The van der Waals surface area contributed by atoms with Crippen LogP contribution < -0.4 is 0 Å². The van der Waals surface area contributed by atoms with Gasteiger partial charge in [0.05, 0.1) is 0 Å². The van der Waals surface area contributed by atoms with E-state index in [1.54, 1.807) is 13.8 Å². The average Bonchev–Trinajstić information content (AvgIpc) is 2.10. The van der Waals surface area contributed by atoms with E-state index in [4.69, 9.17) is 10.2 Å². The van der Waals surface area contributed by atoms with Gasteiger partial charge in [0.25, 0.3) is 0 Å². The van der Waals surface area contributed by atoms with Crippen LogP contribution in [0.25, 0.3) is 0 Å². The van der Waals surface area contributed by atoms with Crippen molar-refractivity contribution in [2.75, 3.05) is 0 Å². The molecule has 0 fully saturated rings. The fourth-order valence-electron chi connectivity index (χ4n) is 1.74. The molecule has 0 rings (SSSR count). The van der Waals surface area contributed by atoms with Gasteiger partial charge in [0.1, 0.15) is 0 Å². The summed E-state index contributed by atoms with van der Waals surface area (Å²) in [6.07, 6.45) is 2.68. The predicted molar refractivity (Wildman–Crippen MR) is 71.0 cm³/mol. The molecule has 0 aliphatic carbocycles. The van der Waals surface area contributed by atoms with Gasteiger partial charge in [-0.2, -0.15) is 0 Å². The van der Waals surface area contributed by atoms with E-state index in [1.165, 1.54) is 0 Å². The number of carboxylic acids is 2. The summed E-state index contributed by atoms with van der Waals surface area (Å²) in [4.78, 5) is 22.2. The Morgan fingerprint density at radius 3 is 1.76 bits per heavy atom. The summed E-state index contributed by atoms with van der Waals surface area (Å²) in [6, 6.07) is 0. The van der Waals surface area contributed by atoms with Crippen molar-refractivity contribution >= 4 is 92.9 Å². The van der Waals surface area contributed by atoms with Crippen LogP contribution >= 0.6 is 0 Å².